The molecule has 1 aromatic heterocycles. The molecule has 0 saturated carbocycles. The van der Waals surface area contributed by atoms with Crippen LogP contribution in [0.1, 0.15) is 5.56 Å². The summed E-state index contributed by atoms with van der Waals surface area (Å²) in [5.41, 5.74) is 3.37. The summed E-state index contributed by atoms with van der Waals surface area (Å²) in [6, 6.07) is 21.1. The normalized spacial score (nSPS) is 10.1. The summed E-state index contributed by atoms with van der Waals surface area (Å²) in [4.78, 5) is 0. The molecule has 90 valence electrons. The van der Waals surface area contributed by atoms with E-state index in [-0.39, 0.29) is 0 Å². The molecule has 3 heteroatoms. The zero-order chi connectivity index (χ0) is 13.1. The Hall–Kier alpha value is -2.86. The van der Waals surface area contributed by atoms with Gasteiger partial charge in [-0.1, -0.05) is 35.5 Å². The molecule has 0 fully saturated rings. The molecule has 0 aliphatic rings. The van der Waals surface area contributed by atoms with Gasteiger partial charge in [-0.15, -0.1) is 0 Å². The van der Waals surface area contributed by atoms with Crippen LogP contribution in [0.5, 0.6) is 0 Å². The number of nitriles is 1. The van der Waals surface area contributed by atoms with Crippen LogP contribution in [0.15, 0.2) is 65.2 Å². The van der Waals surface area contributed by atoms with E-state index >= 15 is 0 Å². The van der Waals surface area contributed by atoms with Gasteiger partial charge in [0.25, 0.3) is 0 Å². The summed E-state index contributed by atoms with van der Waals surface area (Å²) in [5.74, 6) is 0.698. The molecule has 19 heavy (non-hydrogen) atoms. The number of aromatic nitrogens is 1. The minimum absolute atomic E-state index is 0.631. The van der Waals surface area contributed by atoms with Crippen LogP contribution in [0.25, 0.3) is 22.6 Å². The molecule has 0 unspecified atom stereocenters. The molecule has 3 aromatic rings. The van der Waals surface area contributed by atoms with E-state index < -0.39 is 0 Å². The van der Waals surface area contributed by atoms with Crippen molar-refractivity contribution in [1.82, 2.24) is 5.16 Å². The average Bonchev–Trinajstić information content (AvgIpc) is 2.98. The third-order valence-corrected chi connectivity index (χ3v) is 2.88. The minimum Gasteiger partial charge on any atom is -0.356 e. The molecule has 0 atom stereocenters. The molecular formula is C16H10N2O. The largest absolute Gasteiger partial charge is 0.356 e. The predicted molar refractivity (Wildman–Crippen MR) is 72.1 cm³/mol. The Bertz CT molecular complexity index is 721. The second-order valence-electron chi connectivity index (χ2n) is 4.13. The third kappa shape index (κ3) is 2.24. The van der Waals surface area contributed by atoms with Crippen LogP contribution in [0.4, 0.5) is 0 Å². The molecule has 1 heterocycles. The van der Waals surface area contributed by atoms with Crippen LogP contribution in [0, 0.1) is 11.3 Å². The van der Waals surface area contributed by atoms with Crippen molar-refractivity contribution < 1.29 is 4.52 Å². The zero-order valence-corrected chi connectivity index (χ0v) is 10.1. The smallest absolute Gasteiger partial charge is 0.167 e. The molecule has 0 aliphatic heterocycles. The molecule has 3 nitrogen and oxygen atoms in total. The number of hydrogen-bond donors (Lipinski definition) is 0. The van der Waals surface area contributed by atoms with E-state index in [9.17, 15) is 0 Å². The van der Waals surface area contributed by atoms with Crippen LogP contribution in [0.2, 0.25) is 0 Å². The Kier molecular flexibility index (Phi) is 2.83. The van der Waals surface area contributed by atoms with Gasteiger partial charge in [0, 0.05) is 17.2 Å². The van der Waals surface area contributed by atoms with Crippen LogP contribution >= 0.6 is 0 Å². The fraction of sp³-hybridized carbons (Fsp3) is 0. The van der Waals surface area contributed by atoms with Crippen molar-refractivity contribution in [3.05, 3.63) is 66.2 Å². The molecule has 2 aromatic carbocycles. The molecule has 0 bridgehead atoms. The molecule has 0 radical (unpaired) electrons. The van der Waals surface area contributed by atoms with Crippen molar-refractivity contribution in [2.45, 2.75) is 0 Å². The number of nitrogens with zero attached hydrogens (tertiary/aromatic N) is 2. The lowest BCUT2D eigenvalue weighted by molar-refractivity contribution is 0.435. The minimum atomic E-state index is 0.631. The highest BCUT2D eigenvalue weighted by atomic mass is 16.5. The van der Waals surface area contributed by atoms with E-state index in [1.807, 2.05) is 48.5 Å². The molecule has 0 aliphatic carbocycles. The van der Waals surface area contributed by atoms with Crippen molar-refractivity contribution >= 4 is 0 Å². The van der Waals surface area contributed by atoms with E-state index in [4.69, 9.17) is 9.78 Å². The van der Waals surface area contributed by atoms with E-state index in [0.29, 0.717) is 11.3 Å². The number of hydrogen-bond acceptors (Lipinski definition) is 3. The molecular weight excluding hydrogens is 236 g/mol. The summed E-state index contributed by atoms with van der Waals surface area (Å²) < 4.78 is 5.35. The number of benzene rings is 2. The maximum atomic E-state index is 8.77. The lowest BCUT2D eigenvalue weighted by Crippen LogP contribution is -1.76. The van der Waals surface area contributed by atoms with Gasteiger partial charge in [0.05, 0.1) is 11.6 Å². The Morgan fingerprint density at radius 1 is 0.895 bits per heavy atom. The van der Waals surface area contributed by atoms with Crippen LogP contribution in [-0.4, -0.2) is 5.16 Å². The first-order valence-electron chi connectivity index (χ1n) is 5.89. The summed E-state index contributed by atoms with van der Waals surface area (Å²) in [6.07, 6.45) is 0. The third-order valence-electron chi connectivity index (χ3n) is 2.88. The van der Waals surface area contributed by atoms with Gasteiger partial charge in [0.2, 0.25) is 0 Å². The standard InChI is InChI=1S/C16H10N2O/c17-11-12-6-8-14(9-7-12)16-10-15(18-19-16)13-4-2-1-3-5-13/h1-10H. The molecule has 3 rings (SSSR count). The Balaban J connectivity index is 1.95. The van der Waals surface area contributed by atoms with Gasteiger partial charge in [0.1, 0.15) is 5.69 Å². The van der Waals surface area contributed by atoms with Crippen molar-refractivity contribution in [1.29, 1.82) is 5.26 Å². The monoisotopic (exact) mass is 246 g/mol. The number of rotatable bonds is 2. The van der Waals surface area contributed by atoms with E-state index in [1.165, 1.54) is 0 Å². The molecule has 0 amide bonds. The lowest BCUT2D eigenvalue weighted by Gasteiger charge is -1.94. The van der Waals surface area contributed by atoms with Crippen molar-refractivity contribution in [3.63, 3.8) is 0 Å². The summed E-state index contributed by atoms with van der Waals surface area (Å²) in [7, 11) is 0. The first-order valence-corrected chi connectivity index (χ1v) is 5.89. The van der Waals surface area contributed by atoms with Crippen LogP contribution in [0.3, 0.4) is 0 Å². The van der Waals surface area contributed by atoms with E-state index in [1.54, 1.807) is 12.1 Å². The van der Waals surface area contributed by atoms with Crippen molar-refractivity contribution in [2.24, 2.45) is 0 Å². The molecule has 0 N–H and O–H groups in total. The Labute approximate surface area is 110 Å². The van der Waals surface area contributed by atoms with Gasteiger partial charge in [-0.2, -0.15) is 5.26 Å². The Morgan fingerprint density at radius 3 is 2.32 bits per heavy atom. The van der Waals surface area contributed by atoms with Gasteiger partial charge in [-0.05, 0) is 24.3 Å². The van der Waals surface area contributed by atoms with E-state index in [0.717, 1.165) is 16.8 Å². The van der Waals surface area contributed by atoms with Gasteiger partial charge >= 0.3 is 0 Å². The van der Waals surface area contributed by atoms with Crippen molar-refractivity contribution in [2.75, 3.05) is 0 Å². The zero-order valence-electron chi connectivity index (χ0n) is 10.1. The highest BCUT2D eigenvalue weighted by molar-refractivity contribution is 5.66. The average molecular weight is 246 g/mol. The second-order valence-corrected chi connectivity index (χ2v) is 4.13. The van der Waals surface area contributed by atoms with Gasteiger partial charge in [0.15, 0.2) is 5.76 Å². The maximum Gasteiger partial charge on any atom is 0.167 e. The molecule has 0 spiro atoms. The highest BCUT2D eigenvalue weighted by Crippen LogP contribution is 2.25. The Morgan fingerprint density at radius 2 is 1.63 bits per heavy atom. The first kappa shape index (κ1) is 11.2. The fourth-order valence-corrected chi connectivity index (χ4v) is 1.87. The maximum absolute atomic E-state index is 8.77. The topological polar surface area (TPSA) is 49.8 Å². The quantitative estimate of drug-likeness (QED) is 0.689. The summed E-state index contributed by atoms with van der Waals surface area (Å²) in [6.45, 7) is 0. The predicted octanol–water partition coefficient (Wildman–Crippen LogP) is 3.88. The summed E-state index contributed by atoms with van der Waals surface area (Å²) in [5, 5.41) is 12.8. The first-order chi connectivity index (χ1) is 9.36. The molecule has 0 saturated heterocycles. The van der Waals surface area contributed by atoms with Gasteiger partial charge in [-0.3, -0.25) is 0 Å². The van der Waals surface area contributed by atoms with Crippen LogP contribution in [-0.2, 0) is 0 Å². The highest BCUT2D eigenvalue weighted by Gasteiger charge is 2.08. The van der Waals surface area contributed by atoms with Crippen LogP contribution < -0.4 is 0 Å². The fourth-order valence-electron chi connectivity index (χ4n) is 1.87. The second kappa shape index (κ2) is 4.79. The van der Waals surface area contributed by atoms with Gasteiger partial charge in [-0.25, -0.2) is 0 Å². The van der Waals surface area contributed by atoms with E-state index in [2.05, 4.69) is 11.2 Å². The lowest BCUT2D eigenvalue weighted by atomic mass is 10.1. The SMILES string of the molecule is N#Cc1ccc(-c2cc(-c3ccccc3)no2)cc1. The van der Waals surface area contributed by atoms with Crippen molar-refractivity contribution in [3.8, 4) is 28.7 Å². The summed E-state index contributed by atoms with van der Waals surface area (Å²) >= 11 is 0. The van der Waals surface area contributed by atoms with Gasteiger partial charge < -0.3 is 4.52 Å².